The number of aromatic nitrogens is 1. The topological polar surface area (TPSA) is 43.7 Å². The van der Waals surface area contributed by atoms with Gasteiger partial charge in [-0.25, -0.2) is 0 Å². The Balaban J connectivity index is 1.81. The number of carbonyl (C=O) groups is 1. The van der Waals surface area contributed by atoms with Crippen LogP contribution in [0.5, 0.6) is 5.75 Å². The van der Waals surface area contributed by atoms with Crippen LogP contribution in [0.1, 0.15) is 6.92 Å². The molecule has 0 bridgehead atoms. The normalized spacial score (nSPS) is 15.4. The second-order valence-corrected chi connectivity index (χ2v) is 5.06. The summed E-state index contributed by atoms with van der Waals surface area (Å²) in [5.41, 5.74) is 1.03. The first kappa shape index (κ1) is 13.9. The van der Waals surface area contributed by atoms with Crippen LogP contribution in [0.25, 0.3) is 10.9 Å². The average molecular weight is 288 g/mol. The van der Waals surface area contributed by atoms with Crippen LogP contribution in [-0.4, -0.2) is 48.3 Å². The van der Waals surface area contributed by atoms with Gasteiger partial charge in [0.1, 0.15) is 12.3 Å². The number of hydrogen-bond donors (Lipinski definition) is 0. The summed E-state index contributed by atoms with van der Waals surface area (Å²) in [4.78, 5) is 14.2. The van der Waals surface area contributed by atoms with Crippen LogP contribution in [0, 0.1) is 0 Å². The van der Waals surface area contributed by atoms with Gasteiger partial charge in [0.05, 0.1) is 25.3 Å². The zero-order valence-electron chi connectivity index (χ0n) is 12.2. The van der Waals surface area contributed by atoms with E-state index in [9.17, 15) is 4.79 Å². The summed E-state index contributed by atoms with van der Waals surface area (Å²) in [6, 6.07) is 7.94. The summed E-state index contributed by atoms with van der Waals surface area (Å²) >= 11 is 0. The lowest BCUT2D eigenvalue weighted by Crippen LogP contribution is -2.42. The van der Waals surface area contributed by atoms with Gasteiger partial charge in [-0.05, 0) is 25.1 Å². The molecule has 1 saturated heterocycles. The molecule has 0 atom stereocenters. The molecule has 0 spiro atoms. The molecule has 0 saturated carbocycles. The van der Waals surface area contributed by atoms with E-state index in [2.05, 4.69) is 0 Å². The predicted octanol–water partition coefficient (Wildman–Crippen LogP) is 1.90. The number of fused-ring (bicyclic) bond motifs is 1. The fourth-order valence-corrected chi connectivity index (χ4v) is 2.67. The van der Waals surface area contributed by atoms with Gasteiger partial charge in [-0.2, -0.15) is 0 Å². The molecule has 0 aliphatic carbocycles. The van der Waals surface area contributed by atoms with Crippen molar-refractivity contribution in [2.45, 2.75) is 13.5 Å². The Morgan fingerprint density at radius 2 is 2.10 bits per heavy atom. The Kier molecular flexibility index (Phi) is 4.10. The van der Waals surface area contributed by atoms with Crippen molar-refractivity contribution in [3.63, 3.8) is 0 Å². The minimum absolute atomic E-state index is 0.137. The van der Waals surface area contributed by atoms with Crippen LogP contribution < -0.4 is 4.74 Å². The van der Waals surface area contributed by atoms with Crippen molar-refractivity contribution in [2.75, 3.05) is 32.9 Å². The lowest BCUT2D eigenvalue weighted by Gasteiger charge is -2.27. The van der Waals surface area contributed by atoms with Gasteiger partial charge in [0.25, 0.3) is 0 Å². The highest BCUT2D eigenvalue weighted by Crippen LogP contribution is 2.26. The SMILES string of the molecule is CCOc1cccc2c1ccn2CC(=O)N1CCOCC1. The maximum absolute atomic E-state index is 12.3. The van der Waals surface area contributed by atoms with E-state index in [4.69, 9.17) is 9.47 Å². The smallest absolute Gasteiger partial charge is 0.242 e. The standard InChI is InChI=1S/C16H20N2O3/c1-2-21-15-5-3-4-14-13(15)6-7-18(14)12-16(19)17-8-10-20-11-9-17/h3-7H,2,8-12H2,1H3. The van der Waals surface area contributed by atoms with Crippen LogP contribution in [0.3, 0.4) is 0 Å². The zero-order valence-corrected chi connectivity index (χ0v) is 12.2. The molecule has 3 rings (SSSR count). The zero-order chi connectivity index (χ0) is 14.7. The third-order valence-corrected chi connectivity index (χ3v) is 3.74. The minimum atomic E-state index is 0.137. The number of amides is 1. The van der Waals surface area contributed by atoms with E-state index in [1.165, 1.54) is 0 Å². The molecule has 5 nitrogen and oxygen atoms in total. The first-order chi connectivity index (χ1) is 10.3. The Bertz CT molecular complexity index is 629. The predicted molar refractivity (Wildman–Crippen MR) is 80.5 cm³/mol. The minimum Gasteiger partial charge on any atom is -0.493 e. The van der Waals surface area contributed by atoms with E-state index < -0.39 is 0 Å². The number of benzene rings is 1. The van der Waals surface area contributed by atoms with Gasteiger partial charge >= 0.3 is 0 Å². The van der Waals surface area contributed by atoms with E-state index in [0.717, 1.165) is 16.7 Å². The quantitative estimate of drug-likeness (QED) is 0.863. The maximum Gasteiger partial charge on any atom is 0.242 e. The van der Waals surface area contributed by atoms with Gasteiger partial charge in [0.15, 0.2) is 0 Å². The lowest BCUT2D eigenvalue weighted by atomic mass is 10.2. The Morgan fingerprint density at radius 1 is 1.29 bits per heavy atom. The van der Waals surface area contributed by atoms with Crippen LogP contribution in [0.2, 0.25) is 0 Å². The molecule has 2 heterocycles. The molecule has 1 aromatic heterocycles. The number of ether oxygens (including phenoxy) is 2. The molecule has 21 heavy (non-hydrogen) atoms. The van der Waals surface area contributed by atoms with Crippen LogP contribution in [0.15, 0.2) is 30.5 Å². The fourth-order valence-electron chi connectivity index (χ4n) is 2.67. The molecule has 1 aliphatic heterocycles. The first-order valence-corrected chi connectivity index (χ1v) is 7.36. The Hall–Kier alpha value is -2.01. The van der Waals surface area contributed by atoms with E-state index in [0.29, 0.717) is 39.5 Å². The van der Waals surface area contributed by atoms with Crippen LogP contribution in [-0.2, 0) is 16.1 Å². The van der Waals surface area contributed by atoms with Gasteiger partial charge in [0, 0.05) is 24.7 Å². The Labute approximate surface area is 124 Å². The van der Waals surface area contributed by atoms with Gasteiger partial charge in [-0.15, -0.1) is 0 Å². The molecule has 112 valence electrons. The van der Waals surface area contributed by atoms with Crippen LogP contribution in [0.4, 0.5) is 0 Å². The summed E-state index contributed by atoms with van der Waals surface area (Å²) in [5, 5.41) is 1.05. The van der Waals surface area contributed by atoms with E-state index >= 15 is 0 Å². The number of carbonyl (C=O) groups excluding carboxylic acids is 1. The van der Waals surface area contributed by atoms with E-state index in [1.807, 2.05) is 46.9 Å². The largest absolute Gasteiger partial charge is 0.493 e. The monoisotopic (exact) mass is 288 g/mol. The summed E-state index contributed by atoms with van der Waals surface area (Å²) in [5.74, 6) is 1.00. The van der Waals surface area contributed by atoms with Crippen molar-refractivity contribution >= 4 is 16.8 Å². The van der Waals surface area contributed by atoms with Crippen molar-refractivity contribution < 1.29 is 14.3 Å². The summed E-state index contributed by atoms with van der Waals surface area (Å²) < 4.78 is 12.9. The molecule has 1 fully saturated rings. The lowest BCUT2D eigenvalue weighted by molar-refractivity contribution is -0.135. The average Bonchev–Trinajstić information content (AvgIpc) is 2.93. The highest BCUT2D eigenvalue weighted by atomic mass is 16.5. The van der Waals surface area contributed by atoms with Crippen molar-refractivity contribution in [2.24, 2.45) is 0 Å². The van der Waals surface area contributed by atoms with Gasteiger partial charge in [0.2, 0.25) is 5.91 Å². The third kappa shape index (κ3) is 2.88. The molecule has 0 radical (unpaired) electrons. The molecule has 1 aromatic carbocycles. The highest BCUT2D eigenvalue weighted by molar-refractivity contribution is 5.88. The van der Waals surface area contributed by atoms with Gasteiger partial charge in [-0.1, -0.05) is 6.07 Å². The summed E-state index contributed by atoms with van der Waals surface area (Å²) in [6.45, 7) is 5.59. The summed E-state index contributed by atoms with van der Waals surface area (Å²) in [7, 11) is 0. The number of rotatable bonds is 4. The van der Waals surface area contributed by atoms with Crippen molar-refractivity contribution in [1.29, 1.82) is 0 Å². The van der Waals surface area contributed by atoms with Gasteiger partial charge < -0.3 is 18.9 Å². The highest BCUT2D eigenvalue weighted by Gasteiger charge is 2.18. The maximum atomic E-state index is 12.3. The molecule has 1 amide bonds. The van der Waals surface area contributed by atoms with E-state index in [-0.39, 0.29) is 5.91 Å². The van der Waals surface area contributed by atoms with Gasteiger partial charge in [-0.3, -0.25) is 4.79 Å². The molecule has 5 heteroatoms. The van der Waals surface area contributed by atoms with Crippen LogP contribution >= 0.6 is 0 Å². The fraction of sp³-hybridized carbons (Fsp3) is 0.438. The van der Waals surface area contributed by atoms with Crippen molar-refractivity contribution in [3.05, 3.63) is 30.5 Å². The summed E-state index contributed by atoms with van der Waals surface area (Å²) in [6.07, 6.45) is 1.95. The molecule has 0 N–H and O–H groups in total. The van der Waals surface area contributed by atoms with E-state index in [1.54, 1.807) is 0 Å². The number of morpholine rings is 1. The first-order valence-electron chi connectivity index (χ1n) is 7.36. The second-order valence-electron chi connectivity index (χ2n) is 5.06. The molecule has 1 aliphatic rings. The van der Waals surface area contributed by atoms with Crippen molar-refractivity contribution in [1.82, 2.24) is 9.47 Å². The number of hydrogen-bond acceptors (Lipinski definition) is 3. The Morgan fingerprint density at radius 3 is 2.86 bits per heavy atom. The molecular weight excluding hydrogens is 268 g/mol. The van der Waals surface area contributed by atoms with Crippen molar-refractivity contribution in [3.8, 4) is 5.75 Å². The molecule has 2 aromatic rings. The number of nitrogens with zero attached hydrogens (tertiary/aromatic N) is 2. The third-order valence-electron chi connectivity index (χ3n) is 3.74. The molecular formula is C16H20N2O3. The molecule has 0 unspecified atom stereocenters. The second kappa shape index (κ2) is 6.18.